The molecule has 0 radical (unpaired) electrons. The van der Waals surface area contributed by atoms with E-state index in [4.69, 9.17) is 4.74 Å². The average Bonchev–Trinajstić information content (AvgIpc) is 2.73. The molecule has 0 atom stereocenters. The van der Waals surface area contributed by atoms with Gasteiger partial charge < -0.3 is 15.0 Å². The van der Waals surface area contributed by atoms with E-state index >= 15 is 0 Å². The summed E-state index contributed by atoms with van der Waals surface area (Å²) in [7, 11) is 0. The highest BCUT2D eigenvalue weighted by molar-refractivity contribution is 5.76. The van der Waals surface area contributed by atoms with Crippen LogP contribution in [-0.4, -0.2) is 25.6 Å². The van der Waals surface area contributed by atoms with Gasteiger partial charge >= 0.3 is 0 Å². The van der Waals surface area contributed by atoms with Crippen molar-refractivity contribution in [1.29, 1.82) is 0 Å². The number of carbonyl (C=O) groups is 1. The van der Waals surface area contributed by atoms with Gasteiger partial charge in [-0.3, -0.25) is 4.79 Å². The molecular formula is C24H27N2O2+. The van der Waals surface area contributed by atoms with E-state index in [-0.39, 0.29) is 5.91 Å². The molecule has 0 spiro atoms. The molecule has 4 heteroatoms. The molecule has 0 unspecified atom stereocenters. The quantitative estimate of drug-likeness (QED) is 0.535. The van der Waals surface area contributed by atoms with Gasteiger partial charge in [0.1, 0.15) is 25.4 Å². The van der Waals surface area contributed by atoms with Gasteiger partial charge in [0, 0.05) is 11.1 Å². The Morgan fingerprint density at radius 3 is 1.79 bits per heavy atom. The van der Waals surface area contributed by atoms with E-state index in [1.165, 1.54) is 16.0 Å². The molecule has 3 aromatic carbocycles. The summed E-state index contributed by atoms with van der Waals surface area (Å²) in [5.74, 6) is 0.857. The largest absolute Gasteiger partial charge is 0.492 e. The van der Waals surface area contributed by atoms with Gasteiger partial charge in [0.05, 0.1) is 6.54 Å². The van der Waals surface area contributed by atoms with Crippen LogP contribution in [0.25, 0.3) is 0 Å². The van der Waals surface area contributed by atoms with Crippen LogP contribution in [0.3, 0.4) is 0 Å². The van der Waals surface area contributed by atoms with E-state index in [1.54, 1.807) is 0 Å². The minimum atomic E-state index is 0.0403. The zero-order chi connectivity index (χ0) is 19.4. The zero-order valence-corrected chi connectivity index (χ0v) is 16.0. The number of benzene rings is 3. The molecule has 0 aliphatic carbocycles. The number of amides is 1. The third-order valence-corrected chi connectivity index (χ3v) is 4.44. The molecule has 2 N–H and O–H groups in total. The fourth-order valence-corrected chi connectivity index (χ4v) is 3.12. The Kier molecular flexibility index (Phi) is 7.65. The van der Waals surface area contributed by atoms with Gasteiger partial charge in [-0.05, 0) is 12.1 Å². The maximum absolute atomic E-state index is 12.5. The molecule has 0 aliphatic heterocycles. The van der Waals surface area contributed by atoms with Crippen LogP contribution in [0.4, 0.5) is 0 Å². The normalized spacial score (nSPS) is 10.6. The average molecular weight is 375 g/mol. The Morgan fingerprint density at radius 1 is 0.750 bits per heavy atom. The predicted molar refractivity (Wildman–Crippen MR) is 111 cm³/mol. The third kappa shape index (κ3) is 6.89. The van der Waals surface area contributed by atoms with Crippen LogP contribution in [0.2, 0.25) is 0 Å². The number of para-hydroxylation sites is 1. The van der Waals surface area contributed by atoms with Crippen molar-refractivity contribution < 1.29 is 14.4 Å². The van der Waals surface area contributed by atoms with E-state index in [1.807, 2.05) is 66.7 Å². The van der Waals surface area contributed by atoms with Crippen LogP contribution in [0, 0.1) is 0 Å². The smallest absolute Gasteiger partial charge is 0.275 e. The Balaban J connectivity index is 1.50. The summed E-state index contributed by atoms with van der Waals surface area (Å²) in [5.41, 5.74) is 2.46. The number of carbonyl (C=O) groups excluding carboxylic acids is 1. The topological polar surface area (TPSA) is 42.8 Å². The first-order chi connectivity index (χ1) is 13.8. The van der Waals surface area contributed by atoms with Crippen LogP contribution < -0.4 is 15.0 Å². The fourth-order valence-electron chi connectivity index (χ4n) is 3.12. The maximum atomic E-state index is 12.5. The predicted octanol–water partition coefficient (Wildman–Crippen LogP) is 2.47. The second-order valence-corrected chi connectivity index (χ2v) is 6.76. The molecular weight excluding hydrogens is 348 g/mol. The SMILES string of the molecule is O=C(C[NH+](Cc1ccccc1)Cc1ccccc1)NCCOc1ccccc1. The standard InChI is InChI=1S/C24H26N2O2/c27-24(25-16-17-28-23-14-8-3-9-15-23)20-26(18-21-10-4-1-5-11-21)19-22-12-6-2-7-13-22/h1-15H,16-20H2,(H,25,27)/p+1. The van der Waals surface area contributed by atoms with Crippen LogP contribution in [0.15, 0.2) is 91.0 Å². The van der Waals surface area contributed by atoms with Crippen molar-refractivity contribution in [3.8, 4) is 5.75 Å². The highest BCUT2D eigenvalue weighted by Crippen LogP contribution is 2.07. The van der Waals surface area contributed by atoms with Crippen LogP contribution in [0.5, 0.6) is 5.75 Å². The molecule has 0 saturated carbocycles. The Morgan fingerprint density at radius 2 is 1.25 bits per heavy atom. The van der Waals surface area contributed by atoms with E-state index in [2.05, 4.69) is 29.6 Å². The van der Waals surface area contributed by atoms with Crippen molar-refractivity contribution in [2.45, 2.75) is 13.1 Å². The van der Waals surface area contributed by atoms with Crippen LogP contribution >= 0.6 is 0 Å². The number of hydrogen-bond acceptors (Lipinski definition) is 2. The first-order valence-electron chi connectivity index (χ1n) is 9.65. The van der Waals surface area contributed by atoms with Crippen LogP contribution in [0.1, 0.15) is 11.1 Å². The summed E-state index contributed by atoms with van der Waals surface area (Å²) in [6.07, 6.45) is 0. The minimum absolute atomic E-state index is 0.0403. The Hall–Kier alpha value is -3.11. The summed E-state index contributed by atoms with van der Waals surface area (Å²) in [4.78, 5) is 13.7. The molecule has 0 heterocycles. The summed E-state index contributed by atoms with van der Waals surface area (Å²) in [5, 5.41) is 2.97. The first kappa shape index (κ1) is 19.6. The van der Waals surface area contributed by atoms with Gasteiger partial charge in [0.15, 0.2) is 6.54 Å². The molecule has 3 aromatic rings. The Bertz CT molecular complexity index is 781. The minimum Gasteiger partial charge on any atom is -0.492 e. The lowest BCUT2D eigenvalue weighted by Gasteiger charge is -2.19. The summed E-state index contributed by atoms with van der Waals surface area (Å²) >= 11 is 0. The molecule has 1 amide bonds. The second kappa shape index (κ2) is 10.9. The molecule has 144 valence electrons. The lowest BCUT2D eigenvalue weighted by molar-refractivity contribution is -0.919. The van der Waals surface area contributed by atoms with E-state index in [0.717, 1.165) is 18.8 Å². The summed E-state index contributed by atoms with van der Waals surface area (Å²) in [6, 6.07) is 30.2. The lowest BCUT2D eigenvalue weighted by Crippen LogP contribution is -3.10. The second-order valence-electron chi connectivity index (χ2n) is 6.76. The van der Waals surface area contributed by atoms with Crippen LogP contribution in [-0.2, 0) is 17.9 Å². The number of hydrogen-bond donors (Lipinski definition) is 2. The summed E-state index contributed by atoms with van der Waals surface area (Å²) < 4.78 is 5.63. The fraction of sp³-hybridized carbons (Fsp3) is 0.208. The Labute approximate surface area is 166 Å². The van der Waals surface area contributed by atoms with Gasteiger partial charge in [-0.25, -0.2) is 0 Å². The molecule has 28 heavy (non-hydrogen) atoms. The van der Waals surface area contributed by atoms with Gasteiger partial charge in [-0.15, -0.1) is 0 Å². The molecule has 0 bridgehead atoms. The molecule has 4 nitrogen and oxygen atoms in total. The highest BCUT2D eigenvalue weighted by atomic mass is 16.5. The van der Waals surface area contributed by atoms with Gasteiger partial charge in [0.2, 0.25) is 0 Å². The van der Waals surface area contributed by atoms with Crippen molar-refractivity contribution >= 4 is 5.91 Å². The van der Waals surface area contributed by atoms with Crippen molar-refractivity contribution in [3.05, 3.63) is 102 Å². The number of rotatable bonds is 10. The molecule has 0 aliphatic rings. The number of ether oxygens (including phenoxy) is 1. The van der Waals surface area contributed by atoms with E-state index in [0.29, 0.717) is 19.7 Å². The first-order valence-corrected chi connectivity index (χ1v) is 9.65. The van der Waals surface area contributed by atoms with Gasteiger partial charge in [-0.1, -0.05) is 78.9 Å². The lowest BCUT2D eigenvalue weighted by atomic mass is 10.1. The monoisotopic (exact) mass is 375 g/mol. The van der Waals surface area contributed by atoms with Crippen molar-refractivity contribution in [1.82, 2.24) is 5.32 Å². The molecule has 0 saturated heterocycles. The van der Waals surface area contributed by atoms with Gasteiger partial charge in [-0.2, -0.15) is 0 Å². The number of nitrogens with one attached hydrogen (secondary N) is 2. The van der Waals surface area contributed by atoms with Gasteiger partial charge in [0.25, 0.3) is 5.91 Å². The van der Waals surface area contributed by atoms with E-state index < -0.39 is 0 Å². The molecule has 0 fully saturated rings. The van der Waals surface area contributed by atoms with Crippen molar-refractivity contribution in [2.24, 2.45) is 0 Å². The van der Waals surface area contributed by atoms with Crippen molar-refractivity contribution in [2.75, 3.05) is 19.7 Å². The maximum Gasteiger partial charge on any atom is 0.275 e. The third-order valence-electron chi connectivity index (χ3n) is 4.44. The van der Waals surface area contributed by atoms with E-state index in [9.17, 15) is 4.79 Å². The van der Waals surface area contributed by atoms with Crippen molar-refractivity contribution in [3.63, 3.8) is 0 Å². The number of quaternary nitrogens is 1. The zero-order valence-electron chi connectivity index (χ0n) is 16.0. The molecule has 0 aromatic heterocycles. The summed E-state index contributed by atoms with van der Waals surface area (Å²) in [6.45, 7) is 3.00. The molecule has 3 rings (SSSR count). The highest BCUT2D eigenvalue weighted by Gasteiger charge is 2.15.